The highest BCUT2D eigenvalue weighted by molar-refractivity contribution is 7.99. The second-order valence-corrected chi connectivity index (χ2v) is 11.0. The molecule has 9 heteroatoms. The number of anilines is 2. The number of carbonyl (C=O) groups is 1. The van der Waals surface area contributed by atoms with Crippen molar-refractivity contribution in [1.29, 1.82) is 0 Å². The summed E-state index contributed by atoms with van der Waals surface area (Å²) in [6.07, 6.45) is 11.3. The van der Waals surface area contributed by atoms with Gasteiger partial charge in [0, 0.05) is 43.7 Å². The second-order valence-electron chi connectivity index (χ2n) is 9.90. The fourth-order valence-corrected chi connectivity index (χ4v) is 5.57. The smallest absolute Gasteiger partial charge is 0.232 e. The Kier molecular flexibility index (Phi) is 9.83. The Balaban J connectivity index is 0.000000445. The third-order valence-corrected chi connectivity index (χ3v) is 7.77. The van der Waals surface area contributed by atoms with Crippen molar-refractivity contribution in [1.82, 2.24) is 14.9 Å². The van der Waals surface area contributed by atoms with E-state index in [-0.39, 0.29) is 18.1 Å². The van der Waals surface area contributed by atoms with Crippen molar-refractivity contribution in [3.8, 4) is 5.88 Å². The van der Waals surface area contributed by atoms with Crippen molar-refractivity contribution in [2.75, 3.05) is 43.4 Å². The first-order valence-corrected chi connectivity index (χ1v) is 14.0. The van der Waals surface area contributed by atoms with E-state index in [1.54, 1.807) is 11.8 Å². The quantitative estimate of drug-likeness (QED) is 0.580. The van der Waals surface area contributed by atoms with E-state index < -0.39 is 0 Å². The van der Waals surface area contributed by atoms with Crippen LogP contribution in [0, 0.1) is 0 Å². The first-order valence-electron chi connectivity index (χ1n) is 13.2. The molecule has 2 aliphatic carbocycles. The van der Waals surface area contributed by atoms with E-state index >= 15 is 0 Å². The Bertz CT molecular complexity index is 987. The van der Waals surface area contributed by atoms with Crippen LogP contribution in [0.5, 0.6) is 5.88 Å². The minimum atomic E-state index is -0.0812. The van der Waals surface area contributed by atoms with Gasteiger partial charge in [-0.1, -0.05) is 30.7 Å². The lowest BCUT2D eigenvalue weighted by atomic mass is 10.3. The monoisotopic (exact) mass is 513 g/mol. The van der Waals surface area contributed by atoms with Gasteiger partial charge in [-0.15, -0.1) is 0 Å². The molecule has 3 fully saturated rings. The maximum Gasteiger partial charge on any atom is 0.232 e. The molecule has 8 nitrogen and oxygen atoms in total. The lowest BCUT2D eigenvalue weighted by molar-refractivity contribution is -0.114. The molecule has 1 aliphatic heterocycles. The van der Waals surface area contributed by atoms with Crippen LogP contribution in [0.4, 0.5) is 11.6 Å². The molecule has 0 spiro atoms. The summed E-state index contributed by atoms with van der Waals surface area (Å²) in [5.74, 6) is 1.33. The molecule has 0 radical (unpaired) electrons. The predicted molar refractivity (Wildman–Crippen MR) is 144 cm³/mol. The van der Waals surface area contributed by atoms with Gasteiger partial charge in [-0.2, -0.15) is 4.98 Å². The molecule has 36 heavy (non-hydrogen) atoms. The number of carbonyl (C=O) groups excluding carboxylic acids is 1. The third kappa shape index (κ3) is 8.08. The SMILES string of the molecule is CC(=O)Nc1cccc(Sc2cnc(N3CCN(C)CC3)nc2OC2CCCC2)c1.OC1CCCC1. The minimum Gasteiger partial charge on any atom is -0.473 e. The standard InChI is InChI=1S/C22H29N5O2S.C5H10O/c1-16(28)24-17-6-5-9-19(14-17)30-20-15-23-22(27-12-10-26(2)11-13-27)25-21(20)29-18-7-3-4-8-18;6-5-3-1-2-4-5/h5-6,9,14-15,18H,3-4,7-8,10-13H2,1-2H3,(H,24,28);5-6H,1-4H2. The van der Waals surface area contributed by atoms with Crippen LogP contribution in [0.25, 0.3) is 0 Å². The largest absolute Gasteiger partial charge is 0.473 e. The number of hydrogen-bond donors (Lipinski definition) is 2. The minimum absolute atomic E-state index is 0.0463. The summed E-state index contributed by atoms with van der Waals surface area (Å²) in [7, 11) is 2.14. The topological polar surface area (TPSA) is 90.8 Å². The van der Waals surface area contributed by atoms with Crippen molar-refractivity contribution in [3.05, 3.63) is 30.5 Å². The van der Waals surface area contributed by atoms with Gasteiger partial charge in [0.2, 0.25) is 17.7 Å². The van der Waals surface area contributed by atoms with Gasteiger partial charge in [-0.25, -0.2) is 4.98 Å². The van der Waals surface area contributed by atoms with Gasteiger partial charge in [0.1, 0.15) is 6.10 Å². The molecule has 2 aromatic rings. The summed E-state index contributed by atoms with van der Waals surface area (Å²) in [6, 6.07) is 7.79. The van der Waals surface area contributed by atoms with Crippen LogP contribution in [0.2, 0.25) is 0 Å². The number of nitrogens with zero attached hydrogens (tertiary/aromatic N) is 4. The number of likely N-dealkylation sites (N-methyl/N-ethyl adjacent to an activating group) is 1. The number of hydrogen-bond acceptors (Lipinski definition) is 8. The molecule has 0 atom stereocenters. The summed E-state index contributed by atoms with van der Waals surface area (Å²) >= 11 is 1.57. The van der Waals surface area contributed by atoms with Gasteiger partial charge in [-0.3, -0.25) is 4.79 Å². The van der Waals surface area contributed by atoms with E-state index in [4.69, 9.17) is 14.8 Å². The number of aliphatic hydroxyl groups excluding tert-OH is 1. The van der Waals surface area contributed by atoms with Gasteiger partial charge >= 0.3 is 0 Å². The normalized spacial score (nSPS) is 19.1. The van der Waals surface area contributed by atoms with E-state index in [0.717, 1.165) is 73.3 Å². The van der Waals surface area contributed by atoms with Gasteiger partial charge in [-0.05, 0) is 63.8 Å². The van der Waals surface area contributed by atoms with Gasteiger partial charge in [0.25, 0.3) is 0 Å². The summed E-state index contributed by atoms with van der Waals surface area (Å²) in [5, 5.41) is 11.6. The van der Waals surface area contributed by atoms with Crippen molar-refractivity contribution in [3.63, 3.8) is 0 Å². The maximum atomic E-state index is 11.4. The molecular formula is C27H39N5O3S. The average Bonchev–Trinajstić information content (AvgIpc) is 3.55. The summed E-state index contributed by atoms with van der Waals surface area (Å²) in [4.78, 5) is 27.3. The zero-order valence-corrected chi connectivity index (χ0v) is 22.3. The van der Waals surface area contributed by atoms with E-state index in [0.29, 0.717) is 5.88 Å². The molecule has 196 valence electrons. The summed E-state index contributed by atoms with van der Waals surface area (Å²) < 4.78 is 6.35. The van der Waals surface area contributed by atoms with E-state index in [9.17, 15) is 4.79 Å². The lowest BCUT2D eigenvalue weighted by Gasteiger charge is -2.32. The number of nitrogens with one attached hydrogen (secondary N) is 1. The Morgan fingerprint density at radius 3 is 2.42 bits per heavy atom. The van der Waals surface area contributed by atoms with Crippen LogP contribution in [-0.4, -0.2) is 71.3 Å². The molecule has 1 aromatic carbocycles. The third-order valence-electron chi connectivity index (χ3n) is 6.78. The highest BCUT2D eigenvalue weighted by Gasteiger charge is 2.23. The van der Waals surface area contributed by atoms with Crippen molar-refractivity contribution in [2.24, 2.45) is 0 Å². The first kappa shape index (κ1) is 26.7. The Labute approximate surface area is 218 Å². The van der Waals surface area contributed by atoms with Gasteiger partial charge < -0.3 is 25.0 Å². The Morgan fingerprint density at radius 1 is 1.08 bits per heavy atom. The van der Waals surface area contributed by atoms with Crippen molar-refractivity contribution in [2.45, 2.75) is 80.3 Å². The lowest BCUT2D eigenvalue weighted by Crippen LogP contribution is -2.45. The average molecular weight is 514 g/mol. The number of aliphatic hydroxyl groups is 1. The maximum absolute atomic E-state index is 11.4. The number of benzene rings is 1. The highest BCUT2D eigenvalue weighted by atomic mass is 32.2. The fraction of sp³-hybridized carbons (Fsp3) is 0.593. The highest BCUT2D eigenvalue weighted by Crippen LogP contribution is 2.37. The molecule has 0 bridgehead atoms. The number of ether oxygens (including phenoxy) is 1. The van der Waals surface area contributed by atoms with Crippen LogP contribution in [0.15, 0.2) is 40.3 Å². The van der Waals surface area contributed by atoms with Crippen molar-refractivity contribution >= 4 is 29.3 Å². The zero-order chi connectivity index (χ0) is 25.3. The summed E-state index contributed by atoms with van der Waals surface area (Å²) in [5.41, 5.74) is 0.778. The molecule has 3 aliphatic rings. The molecule has 1 saturated heterocycles. The molecule has 1 aromatic heterocycles. The second kappa shape index (κ2) is 13.3. The van der Waals surface area contributed by atoms with Crippen molar-refractivity contribution < 1.29 is 14.6 Å². The predicted octanol–water partition coefficient (Wildman–Crippen LogP) is 4.58. The summed E-state index contributed by atoms with van der Waals surface area (Å²) in [6.45, 7) is 5.37. The number of rotatable bonds is 6. The molecule has 2 N–H and O–H groups in total. The fourth-order valence-electron chi connectivity index (χ4n) is 4.70. The molecule has 2 saturated carbocycles. The van der Waals surface area contributed by atoms with Crippen LogP contribution in [0.1, 0.15) is 58.3 Å². The van der Waals surface area contributed by atoms with Crippen LogP contribution in [0.3, 0.4) is 0 Å². The zero-order valence-electron chi connectivity index (χ0n) is 21.5. The Morgan fingerprint density at radius 2 is 1.78 bits per heavy atom. The molecule has 2 heterocycles. The van der Waals surface area contributed by atoms with Gasteiger partial charge in [0.05, 0.1) is 17.2 Å². The first-order chi connectivity index (χ1) is 17.5. The Hall–Kier alpha value is -2.36. The van der Waals surface area contributed by atoms with Crippen LogP contribution < -0.4 is 15.0 Å². The van der Waals surface area contributed by atoms with E-state index in [1.165, 1.54) is 32.6 Å². The molecular weight excluding hydrogens is 474 g/mol. The van der Waals surface area contributed by atoms with Crippen LogP contribution in [-0.2, 0) is 4.79 Å². The number of piperazine rings is 1. The number of amides is 1. The number of aromatic nitrogens is 2. The van der Waals surface area contributed by atoms with E-state index in [1.807, 2.05) is 30.5 Å². The molecule has 1 amide bonds. The molecule has 0 unspecified atom stereocenters. The van der Waals surface area contributed by atoms with Gasteiger partial charge in [0.15, 0.2) is 0 Å². The van der Waals surface area contributed by atoms with Crippen LogP contribution >= 0.6 is 11.8 Å². The molecule has 5 rings (SSSR count). The van der Waals surface area contributed by atoms with E-state index in [2.05, 4.69) is 27.1 Å².